The van der Waals surface area contributed by atoms with Crippen molar-refractivity contribution in [2.45, 2.75) is 12.8 Å². The molecule has 0 unspecified atom stereocenters. The van der Waals surface area contributed by atoms with E-state index < -0.39 is 17.9 Å². The summed E-state index contributed by atoms with van der Waals surface area (Å²) in [6.45, 7) is 0. The number of ether oxygens (including phenoxy) is 1. The van der Waals surface area contributed by atoms with E-state index in [4.69, 9.17) is 5.26 Å². The number of rotatable bonds is 3. The molecule has 0 saturated carbocycles. The maximum absolute atomic E-state index is 13.1. The van der Waals surface area contributed by atoms with E-state index in [0.717, 1.165) is 7.11 Å². The van der Waals surface area contributed by atoms with Gasteiger partial charge in [-0.1, -0.05) is 0 Å². The Hall–Kier alpha value is -1.77. The molecule has 0 saturated heterocycles. The second-order valence-corrected chi connectivity index (χ2v) is 2.65. The topological polar surface area (TPSA) is 45.9 Å². The fourth-order valence-corrected chi connectivity index (χ4v) is 1.16. The summed E-state index contributed by atoms with van der Waals surface area (Å²) in [6, 6.07) is 1.66. The molecular formula is C9H7F3N2O. The Morgan fingerprint density at radius 2 is 2.27 bits per heavy atom. The van der Waals surface area contributed by atoms with Crippen LogP contribution in [0.2, 0.25) is 0 Å². The van der Waals surface area contributed by atoms with Crippen LogP contribution in [0.15, 0.2) is 6.20 Å². The molecule has 1 rings (SSSR count). The van der Waals surface area contributed by atoms with Crippen LogP contribution in [-0.4, -0.2) is 12.1 Å². The average Bonchev–Trinajstić information content (AvgIpc) is 2.20. The van der Waals surface area contributed by atoms with E-state index >= 15 is 0 Å². The molecule has 0 spiro atoms. The third-order valence-electron chi connectivity index (χ3n) is 1.80. The van der Waals surface area contributed by atoms with Gasteiger partial charge in [-0.25, -0.2) is 13.8 Å². The summed E-state index contributed by atoms with van der Waals surface area (Å²) in [6.07, 6.45) is -2.46. The van der Waals surface area contributed by atoms with Gasteiger partial charge in [0.15, 0.2) is 0 Å². The Bertz CT molecular complexity index is 401. The van der Waals surface area contributed by atoms with E-state index in [1.54, 1.807) is 6.07 Å². The summed E-state index contributed by atoms with van der Waals surface area (Å²) in [5.41, 5.74) is -0.748. The van der Waals surface area contributed by atoms with Crippen molar-refractivity contribution in [3.63, 3.8) is 0 Å². The standard InChI is InChI=1S/C9H7F3N2O/c1-15-7-5(2-3-13)9(12)14-4-6(7)8(10)11/h4,8H,2H2,1H3. The number of hydrogen-bond donors (Lipinski definition) is 0. The van der Waals surface area contributed by atoms with Crippen molar-refractivity contribution in [3.05, 3.63) is 23.3 Å². The van der Waals surface area contributed by atoms with Crippen molar-refractivity contribution in [1.82, 2.24) is 4.98 Å². The van der Waals surface area contributed by atoms with Gasteiger partial charge >= 0.3 is 0 Å². The first-order valence-corrected chi connectivity index (χ1v) is 3.98. The average molecular weight is 216 g/mol. The van der Waals surface area contributed by atoms with E-state index in [9.17, 15) is 13.2 Å². The second-order valence-electron chi connectivity index (χ2n) is 2.65. The van der Waals surface area contributed by atoms with Gasteiger partial charge in [-0.15, -0.1) is 0 Å². The molecule has 3 nitrogen and oxygen atoms in total. The number of aromatic nitrogens is 1. The lowest BCUT2D eigenvalue weighted by Gasteiger charge is -2.11. The first kappa shape index (κ1) is 11.3. The van der Waals surface area contributed by atoms with Gasteiger partial charge in [0, 0.05) is 6.20 Å². The first-order chi connectivity index (χ1) is 7.11. The molecule has 1 aromatic rings. The minimum Gasteiger partial charge on any atom is -0.496 e. The second kappa shape index (κ2) is 4.64. The zero-order valence-corrected chi connectivity index (χ0v) is 7.80. The summed E-state index contributed by atoms with van der Waals surface area (Å²) in [5.74, 6) is -1.27. The summed E-state index contributed by atoms with van der Waals surface area (Å²) < 4.78 is 42.6. The molecule has 15 heavy (non-hydrogen) atoms. The minimum absolute atomic E-state index is 0.238. The lowest BCUT2D eigenvalue weighted by Crippen LogP contribution is -2.03. The summed E-state index contributed by atoms with van der Waals surface area (Å²) in [7, 11) is 1.14. The van der Waals surface area contributed by atoms with Crippen LogP contribution in [0.5, 0.6) is 5.75 Å². The van der Waals surface area contributed by atoms with Gasteiger partial charge in [0.05, 0.1) is 30.7 Å². The third kappa shape index (κ3) is 2.18. The molecule has 0 aliphatic heterocycles. The van der Waals surface area contributed by atoms with Crippen molar-refractivity contribution < 1.29 is 17.9 Å². The predicted octanol–water partition coefficient (Wildman–Crippen LogP) is 2.23. The van der Waals surface area contributed by atoms with Gasteiger partial charge in [-0.2, -0.15) is 9.65 Å². The molecule has 1 heterocycles. The van der Waals surface area contributed by atoms with Crippen molar-refractivity contribution in [1.29, 1.82) is 5.26 Å². The fourth-order valence-electron chi connectivity index (χ4n) is 1.16. The van der Waals surface area contributed by atoms with E-state index in [1.807, 2.05) is 0 Å². The Morgan fingerprint density at radius 1 is 1.60 bits per heavy atom. The minimum atomic E-state index is -2.81. The Balaban J connectivity index is 3.34. The molecule has 0 aromatic carbocycles. The molecule has 6 heteroatoms. The van der Waals surface area contributed by atoms with Crippen LogP contribution >= 0.6 is 0 Å². The Labute approximate surface area is 84.1 Å². The van der Waals surface area contributed by atoms with Gasteiger partial charge in [0.1, 0.15) is 5.75 Å². The summed E-state index contributed by atoms with van der Waals surface area (Å²) in [4.78, 5) is 3.15. The predicted molar refractivity (Wildman–Crippen MR) is 45.0 cm³/mol. The molecule has 0 aliphatic carbocycles. The van der Waals surface area contributed by atoms with E-state index in [0.29, 0.717) is 6.20 Å². The Morgan fingerprint density at radius 3 is 2.73 bits per heavy atom. The third-order valence-corrected chi connectivity index (χ3v) is 1.80. The van der Waals surface area contributed by atoms with Crippen molar-refractivity contribution in [2.75, 3.05) is 7.11 Å². The van der Waals surface area contributed by atoms with Crippen LogP contribution in [0.3, 0.4) is 0 Å². The molecule has 0 fully saturated rings. The molecule has 0 N–H and O–H groups in total. The number of halogens is 3. The number of nitrogens with zero attached hydrogens (tertiary/aromatic N) is 2. The lowest BCUT2D eigenvalue weighted by atomic mass is 10.1. The number of hydrogen-bond acceptors (Lipinski definition) is 3. The highest BCUT2D eigenvalue weighted by Gasteiger charge is 2.21. The zero-order chi connectivity index (χ0) is 11.4. The zero-order valence-electron chi connectivity index (χ0n) is 7.80. The van der Waals surface area contributed by atoms with Gasteiger partial charge in [0.2, 0.25) is 5.95 Å². The largest absolute Gasteiger partial charge is 0.496 e. The van der Waals surface area contributed by atoms with E-state index in [-0.39, 0.29) is 17.7 Å². The van der Waals surface area contributed by atoms with Crippen LogP contribution in [-0.2, 0) is 6.42 Å². The van der Waals surface area contributed by atoms with Crippen LogP contribution in [0.25, 0.3) is 0 Å². The number of nitriles is 1. The molecule has 0 atom stereocenters. The van der Waals surface area contributed by atoms with Crippen LogP contribution < -0.4 is 4.74 Å². The first-order valence-electron chi connectivity index (χ1n) is 3.98. The highest BCUT2D eigenvalue weighted by atomic mass is 19.3. The Kier molecular flexibility index (Phi) is 3.50. The summed E-state index contributed by atoms with van der Waals surface area (Å²) >= 11 is 0. The number of pyridine rings is 1. The molecule has 1 aromatic heterocycles. The smallest absolute Gasteiger partial charge is 0.268 e. The molecule has 0 amide bonds. The molecular weight excluding hydrogens is 209 g/mol. The maximum Gasteiger partial charge on any atom is 0.268 e. The quantitative estimate of drug-likeness (QED) is 0.728. The molecule has 0 bridgehead atoms. The fraction of sp³-hybridized carbons (Fsp3) is 0.333. The molecule has 80 valence electrons. The highest BCUT2D eigenvalue weighted by Crippen LogP contribution is 2.32. The van der Waals surface area contributed by atoms with Crippen molar-refractivity contribution in [3.8, 4) is 11.8 Å². The lowest BCUT2D eigenvalue weighted by molar-refractivity contribution is 0.146. The molecule has 0 aliphatic rings. The van der Waals surface area contributed by atoms with Gasteiger partial charge in [-0.3, -0.25) is 0 Å². The SMILES string of the molecule is COc1c(C(F)F)cnc(F)c1CC#N. The van der Waals surface area contributed by atoms with Gasteiger partial charge < -0.3 is 4.74 Å². The number of methoxy groups -OCH3 is 1. The summed E-state index contributed by atoms with van der Waals surface area (Å²) in [5, 5.41) is 8.41. The van der Waals surface area contributed by atoms with Crippen molar-refractivity contribution >= 4 is 0 Å². The normalized spacial score (nSPS) is 10.1. The maximum atomic E-state index is 13.1. The number of alkyl halides is 2. The highest BCUT2D eigenvalue weighted by molar-refractivity contribution is 5.41. The van der Waals surface area contributed by atoms with E-state index in [2.05, 4.69) is 9.72 Å². The van der Waals surface area contributed by atoms with Gasteiger partial charge in [-0.05, 0) is 0 Å². The molecule has 0 radical (unpaired) electrons. The van der Waals surface area contributed by atoms with Crippen LogP contribution in [0.1, 0.15) is 17.6 Å². The van der Waals surface area contributed by atoms with Gasteiger partial charge in [0.25, 0.3) is 6.43 Å². The van der Waals surface area contributed by atoms with Crippen LogP contribution in [0.4, 0.5) is 13.2 Å². The van der Waals surface area contributed by atoms with Crippen molar-refractivity contribution in [2.24, 2.45) is 0 Å². The monoisotopic (exact) mass is 216 g/mol. The van der Waals surface area contributed by atoms with Crippen LogP contribution in [0, 0.1) is 17.3 Å². The van der Waals surface area contributed by atoms with E-state index in [1.165, 1.54) is 0 Å².